The van der Waals surface area contributed by atoms with Gasteiger partial charge >= 0.3 is 0 Å². The molecule has 1 N–H and O–H groups in total. The molecule has 0 saturated heterocycles. The molecule has 0 amide bonds. The first kappa shape index (κ1) is 9.00. The molecule has 0 atom stereocenters. The average Bonchev–Trinajstić information content (AvgIpc) is 2.33. The number of aldehydes is 1. The zero-order chi connectivity index (χ0) is 9.14. The van der Waals surface area contributed by atoms with Gasteiger partial charge in [0.1, 0.15) is 0 Å². The Kier molecular flexibility index (Phi) is 2.65. The molecular weight excluding hydrogens is 154 g/mol. The number of hydrogen-bond acceptors (Lipinski definition) is 2. The third-order valence-corrected chi connectivity index (χ3v) is 2.10. The predicted octanol–water partition coefficient (Wildman–Crippen LogP) is 0.910. The SMILES string of the molecule is Cc1cc(C=O)n(CCO)c1C. The molecular formula is C9H13NO2. The van der Waals surface area contributed by atoms with Crippen LogP contribution < -0.4 is 0 Å². The van der Waals surface area contributed by atoms with Gasteiger partial charge in [-0.2, -0.15) is 0 Å². The van der Waals surface area contributed by atoms with Crippen molar-refractivity contribution in [2.45, 2.75) is 20.4 Å². The Morgan fingerprint density at radius 1 is 1.58 bits per heavy atom. The molecule has 3 heteroatoms. The number of rotatable bonds is 3. The highest BCUT2D eigenvalue weighted by Crippen LogP contribution is 2.12. The van der Waals surface area contributed by atoms with Gasteiger partial charge in [0.2, 0.25) is 0 Å². The van der Waals surface area contributed by atoms with E-state index in [1.165, 1.54) is 0 Å². The molecule has 0 aliphatic heterocycles. The Balaban J connectivity index is 3.11. The van der Waals surface area contributed by atoms with E-state index < -0.39 is 0 Å². The first-order valence-electron chi connectivity index (χ1n) is 3.93. The van der Waals surface area contributed by atoms with Crippen LogP contribution in [0.2, 0.25) is 0 Å². The third-order valence-electron chi connectivity index (χ3n) is 2.10. The van der Waals surface area contributed by atoms with Crippen LogP contribution in [0.5, 0.6) is 0 Å². The molecule has 0 radical (unpaired) electrons. The first-order chi connectivity index (χ1) is 5.70. The van der Waals surface area contributed by atoms with Crippen LogP contribution in [0.1, 0.15) is 21.7 Å². The number of aromatic nitrogens is 1. The maximum atomic E-state index is 10.6. The number of aryl methyl sites for hydroxylation is 1. The van der Waals surface area contributed by atoms with Gasteiger partial charge in [0.25, 0.3) is 0 Å². The van der Waals surface area contributed by atoms with E-state index in [1.807, 2.05) is 24.5 Å². The zero-order valence-corrected chi connectivity index (χ0v) is 7.37. The highest BCUT2D eigenvalue weighted by molar-refractivity contribution is 5.73. The van der Waals surface area contributed by atoms with Crippen LogP contribution in [0, 0.1) is 13.8 Å². The molecule has 0 saturated carbocycles. The Morgan fingerprint density at radius 3 is 2.75 bits per heavy atom. The van der Waals surface area contributed by atoms with Gasteiger partial charge in [0, 0.05) is 12.2 Å². The number of carbonyl (C=O) groups excluding carboxylic acids is 1. The van der Waals surface area contributed by atoms with Crippen molar-refractivity contribution in [3.05, 3.63) is 23.0 Å². The van der Waals surface area contributed by atoms with Gasteiger partial charge in [-0.15, -0.1) is 0 Å². The van der Waals surface area contributed by atoms with E-state index in [1.54, 1.807) is 0 Å². The molecule has 0 bridgehead atoms. The fourth-order valence-electron chi connectivity index (χ4n) is 1.31. The maximum absolute atomic E-state index is 10.6. The highest BCUT2D eigenvalue weighted by atomic mass is 16.3. The second kappa shape index (κ2) is 3.54. The molecule has 1 rings (SSSR count). The zero-order valence-electron chi connectivity index (χ0n) is 7.37. The normalized spacial score (nSPS) is 10.2. The van der Waals surface area contributed by atoms with Crippen LogP contribution >= 0.6 is 0 Å². The third kappa shape index (κ3) is 1.41. The molecule has 0 aromatic carbocycles. The second-order valence-electron chi connectivity index (χ2n) is 2.83. The van der Waals surface area contributed by atoms with Gasteiger partial charge in [-0.1, -0.05) is 0 Å². The quantitative estimate of drug-likeness (QED) is 0.680. The summed E-state index contributed by atoms with van der Waals surface area (Å²) in [6.07, 6.45) is 0.815. The van der Waals surface area contributed by atoms with Gasteiger partial charge in [-0.3, -0.25) is 4.79 Å². The van der Waals surface area contributed by atoms with Crippen LogP contribution in [0.4, 0.5) is 0 Å². The number of hydrogen-bond donors (Lipinski definition) is 1. The average molecular weight is 167 g/mol. The minimum atomic E-state index is 0.0653. The Labute approximate surface area is 71.6 Å². The van der Waals surface area contributed by atoms with E-state index in [9.17, 15) is 4.79 Å². The van der Waals surface area contributed by atoms with Crippen molar-refractivity contribution in [2.24, 2.45) is 0 Å². The summed E-state index contributed by atoms with van der Waals surface area (Å²) in [5, 5.41) is 8.74. The lowest BCUT2D eigenvalue weighted by molar-refractivity contribution is 0.111. The van der Waals surface area contributed by atoms with E-state index >= 15 is 0 Å². The molecule has 0 spiro atoms. The van der Waals surface area contributed by atoms with Gasteiger partial charge < -0.3 is 9.67 Å². The van der Waals surface area contributed by atoms with Gasteiger partial charge in [-0.05, 0) is 25.5 Å². The Morgan fingerprint density at radius 2 is 2.25 bits per heavy atom. The summed E-state index contributed by atoms with van der Waals surface area (Å²) in [5.74, 6) is 0. The van der Waals surface area contributed by atoms with E-state index in [4.69, 9.17) is 5.11 Å². The van der Waals surface area contributed by atoms with E-state index in [-0.39, 0.29) is 6.61 Å². The Bertz CT molecular complexity index is 289. The van der Waals surface area contributed by atoms with E-state index in [0.29, 0.717) is 12.2 Å². The topological polar surface area (TPSA) is 42.2 Å². The predicted molar refractivity (Wildman–Crippen MR) is 46.4 cm³/mol. The Hall–Kier alpha value is -1.09. The van der Waals surface area contributed by atoms with Gasteiger partial charge in [-0.25, -0.2) is 0 Å². The highest BCUT2D eigenvalue weighted by Gasteiger charge is 2.06. The number of aliphatic hydroxyl groups is 1. The summed E-state index contributed by atoms with van der Waals surface area (Å²) in [6.45, 7) is 4.46. The van der Waals surface area contributed by atoms with E-state index in [2.05, 4.69) is 0 Å². The first-order valence-corrected chi connectivity index (χ1v) is 3.93. The molecule has 12 heavy (non-hydrogen) atoms. The molecule has 0 aliphatic rings. The molecule has 66 valence electrons. The summed E-state index contributed by atoms with van der Waals surface area (Å²) in [6, 6.07) is 1.83. The number of carbonyl (C=O) groups is 1. The van der Waals surface area contributed by atoms with Crippen LogP contribution in [0.25, 0.3) is 0 Å². The van der Waals surface area contributed by atoms with Crippen LogP contribution in [-0.2, 0) is 6.54 Å². The van der Waals surface area contributed by atoms with Crippen LogP contribution in [0.15, 0.2) is 6.07 Å². The fraction of sp³-hybridized carbons (Fsp3) is 0.444. The van der Waals surface area contributed by atoms with Crippen molar-refractivity contribution in [3.63, 3.8) is 0 Å². The molecule has 3 nitrogen and oxygen atoms in total. The smallest absolute Gasteiger partial charge is 0.166 e. The summed E-state index contributed by atoms with van der Waals surface area (Å²) in [5.41, 5.74) is 2.77. The molecule has 1 heterocycles. The van der Waals surface area contributed by atoms with Crippen molar-refractivity contribution < 1.29 is 9.90 Å². The van der Waals surface area contributed by atoms with Crippen molar-refractivity contribution in [1.29, 1.82) is 0 Å². The molecule has 1 aromatic heterocycles. The lowest BCUT2D eigenvalue weighted by atomic mass is 10.3. The molecule has 1 aromatic rings. The number of nitrogens with zero attached hydrogens (tertiary/aromatic N) is 1. The monoisotopic (exact) mass is 167 g/mol. The fourth-order valence-corrected chi connectivity index (χ4v) is 1.31. The largest absolute Gasteiger partial charge is 0.395 e. The lowest BCUT2D eigenvalue weighted by Crippen LogP contribution is -2.07. The maximum Gasteiger partial charge on any atom is 0.166 e. The van der Waals surface area contributed by atoms with Crippen molar-refractivity contribution >= 4 is 6.29 Å². The molecule has 0 unspecified atom stereocenters. The van der Waals surface area contributed by atoms with E-state index in [0.717, 1.165) is 17.5 Å². The summed E-state index contributed by atoms with van der Waals surface area (Å²) in [7, 11) is 0. The van der Waals surface area contributed by atoms with Crippen molar-refractivity contribution in [1.82, 2.24) is 4.57 Å². The summed E-state index contributed by atoms with van der Waals surface area (Å²) in [4.78, 5) is 10.6. The van der Waals surface area contributed by atoms with Crippen LogP contribution in [-0.4, -0.2) is 22.6 Å². The lowest BCUT2D eigenvalue weighted by Gasteiger charge is -2.05. The van der Waals surface area contributed by atoms with Crippen molar-refractivity contribution in [3.8, 4) is 0 Å². The van der Waals surface area contributed by atoms with Crippen LogP contribution in [0.3, 0.4) is 0 Å². The molecule has 0 fully saturated rings. The summed E-state index contributed by atoms with van der Waals surface area (Å²) < 4.78 is 1.82. The standard InChI is InChI=1S/C9H13NO2/c1-7-5-9(6-12)10(3-4-11)8(7)2/h5-6,11H,3-4H2,1-2H3. The van der Waals surface area contributed by atoms with Gasteiger partial charge in [0.15, 0.2) is 6.29 Å². The second-order valence-corrected chi connectivity index (χ2v) is 2.83. The van der Waals surface area contributed by atoms with Crippen molar-refractivity contribution in [2.75, 3.05) is 6.61 Å². The molecule has 0 aliphatic carbocycles. The summed E-state index contributed by atoms with van der Waals surface area (Å²) >= 11 is 0. The van der Waals surface area contributed by atoms with Gasteiger partial charge in [0.05, 0.1) is 12.3 Å². The number of aliphatic hydroxyl groups excluding tert-OH is 1. The minimum Gasteiger partial charge on any atom is -0.395 e. The minimum absolute atomic E-state index is 0.0653.